The minimum atomic E-state index is 0.297. The van der Waals surface area contributed by atoms with Crippen molar-refractivity contribution in [2.45, 2.75) is 25.0 Å². The number of imidazole rings is 1. The van der Waals surface area contributed by atoms with Crippen LogP contribution in [0.4, 0.5) is 5.82 Å². The highest BCUT2D eigenvalue weighted by Crippen LogP contribution is 2.47. The molecular formula is C25H25N7OS. The number of hydrogen-bond donors (Lipinski definition) is 1. The predicted molar refractivity (Wildman–Crippen MR) is 135 cm³/mol. The van der Waals surface area contributed by atoms with Crippen LogP contribution in [0.5, 0.6) is 0 Å². The van der Waals surface area contributed by atoms with E-state index in [0.29, 0.717) is 18.0 Å². The Balaban J connectivity index is 1.60. The summed E-state index contributed by atoms with van der Waals surface area (Å²) in [7, 11) is 5.67. The molecule has 1 aliphatic carbocycles. The molecule has 4 aromatic heterocycles. The summed E-state index contributed by atoms with van der Waals surface area (Å²) in [5, 5.41) is 9.16. The lowest BCUT2D eigenvalue weighted by Gasteiger charge is -2.35. The Kier molecular flexibility index (Phi) is 5.15. The number of hydrogen-bond acceptors (Lipinski definition) is 7. The smallest absolute Gasteiger partial charge is 0.199 e. The number of nitrogens with one attached hydrogen (secondary N) is 1. The SMILES string of the molecule is COC1CC(Nc2nc(-c3nccn3C)nc3sc(-c4cnn(C)c4)c(-c4ccccc4)c23)C1. The van der Waals surface area contributed by atoms with Gasteiger partial charge in [-0.15, -0.1) is 11.3 Å². The first-order valence-corrected chi connectivity index (χ1v) is 12.1. The van der Waals surface area contributed by atoms with E-state index in [1.807, 2.05) is 48.0 Å². The molecule has 1 aromatic carbocycles. The van der Waals surface area contributed by atoms with Gasteiger partial charge in [-0.3, -0.25) is 4.68 Å². The highest BCUT2D eigenvalue weighted by Gasteiger charge is 2.31. The first kappa shape index (κ1) is 21.0. The van der Waals surface area contributed by atoms with E-state index < -0.39 is 0 Å². The fourth-order valence-electron chi connectivity index (χ4n) is 4.48. The average molecular weight is 472 g/mol. The molecule has 1 N–H and O–H groups in total. The quantitative estimate of drug-likeness (QED) is 0.385. The van der Waals surface area contributed by atoms with Crippen LogP contribution in [0.15, 0.2) is 55.1 Å². The van der Waals surface area contributed by atoms with Crippen LogP contribution in [0.2, 0.25) is 0 Å². The Morgan fingerprint density at radius 2 is 1.91 bits per heavy atom. The summed E-state index contributed by atoms with van der Waals surface area (Å²) in [6, 6.07) is 10.8. The van der Waals surface area contributed by atoms with E-state index in [1.165, 1.54) is 0 Å². The van der Waals surface area contributed by atoms with Crippen LogP contribution < -0.4 is 5.32 Å². The van der Waals surface area contributed by atoms with Gasteiger partial charge in [-0.25, -0.2) is 15.0 Å². The Morgan fingerprint density at radius 1 is 1.09 bits per heavy atom. The Morgan fingerprint density at radius 3 is 2.59 bits per heavy atom. The van der Waals surface area contributed by atoms with Crippen molar-refractivity contribution >= 4 is 27.4 Å². The standard InChI is InChI=1S/C25H25N7OS/c1-31-10-9-26-24(31)23-29-22(28-17-11-18(12-17)33-3)20-19(15-7-5-4-6-8-15)21(34-25(20)30-23)16-13-27-32(2)14-16/h4-10,13-14,17-18H,11-12H2,1-3H3,(H,28,29,30). The molecule has 172 valence electrons. The Labute approximate surface area is 201 Å². The molecule has 1 aliphatic rings. The molecule has 0 amide bonds. The number of ether oxygens (including phenoxy) is 1. The van der Waals surface area contributed by atoms with E-state index in [0.717, 1.165) is 56.3 Å². The fourth-order valence-corrected chi connectivity index (χ4v) is 5.65. The molecule has 6 rings (SSSR count). The molecule has 0 atom stereocenters. The van der Waals surface area contributed by atoms with Gasteiger partial charge in [-0.2, -0.15) is 5.10 Å². The third kappa shape index (κ3) is 3.57. The molecule has 0 spiro atoms. The maximum Gasteiger partial charge on any atom is 0.199 e. The molecule has 9 heteroatoms. The van der Waals surface area contributed by atoms with Crippen LogP contribution in [0.25, 0.3) is 43.4 Å². The number of fused-ring (bicyclic) bond motifs is 1. The number of anilines is 1. The number of rotatable bonds is 6. The molecular weight excluding hydrogens is 446 g/mol. The Hall–Kier alpha value is -3.56. The van der Waals surface area contributed by atoms with E-state index in [1.54, 1.807) is 24.6 Å². The molecule has 0 aliphatic heterocycles. The van der Waals surface area contributed by atoms with Gasteiger partial charge in [-0.05, 0) is 18.4 Å². The minimum absolute atomic E-state index is 0.297. The first-order chi connectivity index (χ1) is 16.6. The van der Waals surface area contributed by atoms with Gasteiger partial charge < -0.3 is 14.6 Å². The molecule has 34 heavy (non-hydrogen) atoms. The van der Waals surface area contributed by atoms with Crippen LogP contribution in [0.3, 0.4) is 0 Å². The fraction of sp³-hybridized carbons (Fsp3) is 0.280. The van der Waals surface area contributed by atoms with Crippen molar-refractivity contribution in [2.75, 3.05) is 12.4 Å². The van der Waals surface area contributed by atoms with Gasteiger partial charge in [0.05, 0.1) is 17.7 Å². The lowest BCUT2D eigenvalue weighted by molar-refractivity contribution is 0.0328. The van der Waals surface area contributed by atoms with Gasteiger partial charge in [0.1, 0.15) is 10.6 Å². The van der Waals surface area contributed by atoms with E-state index in [9.17, 15) is 0 Å². The lowest BCUT2D eigenvalue weighted by atomic mass is 9.89. The number of thiophene rings is 1. The zero-order valence-electron chi connectivity index (χ0n) is 19.3. The second kappa shape index (κ2) is 8.34. The van der Waals surface area contributed by atoms with Gasteiger partial charge in [0.25, 0.3) is 0 Å². The molecule has 4 heterocycles. The number of aromatic nitrogens is 6. The van der Waals surface area contributed by atoms with Gasteiger partial charge in [0.15, 0.2) is 11.6 Å². The van der Waals surface area contributed by atoms with Crippen LogP contribution in [0.1, 0.15) is 12.8 Å². The third-order valence-corrected chi connectivity index (χ3v) is 7.50. The third-order valence-electron chi connectivity index (χ3n) is 6.37. The molecule has 1 saturated carbocycles. The molecule has 8 nitrogen and oxygen atoms in total. The number of benzene rings is 1. The summed E-state index contributed by atoms with van der Waals surface area (Å²) < 4.78 is 9.28. The maximum absolute atomic E-state index is 5.50. The summed E-state index contributed by atoms with van der Waals surface area (Å²) in [5.41, 5.74) is 3.33. The van der Waals surface area contributed by atoms with Crippen molar-refractivity contribution in [1.29, 1.82) is 0 Å². The zero-order chi connectivity index (χ0) is 23.2. The van der Waals surface area contributed by atoms with Crippen molar-refractivity contribution in [3.8, 4) is 33.2 Å². The molecule has 1 fully saturated rings. The highest BCUT2D eigenvalue weighted by molar-refractivity contribution is 7.22. The molecule has 0 saturated heterocycles. The normalized spacial score (nSPS) is 17.7. The van der Waals surface area contributed by atoms with Gasteiger partial charge in [-0.1, -0.05) is 30.3 Å². The second-order valence-electron chi connectivity index (χ2n) is 8.68. The average Bonchev–Trinajstić information content (AvgIpc) is 3.54. The van der Waals surface area contributed by atoms with Gasteiger partial charge >= 0.3 is 0 Å². The maximum atomic E-state index is 5.50. The van der Waals surface area contributed by atoms with E-state index in [-0.39, 0.29) is 0 Å². The number of nitrogens with zero attached hydrogens (tertiary/aromatic N) is 6. The summed E-state index contributed by atoms with van der Waals surface area (Å²) in [5.74, 6) is 2.20. The van der Waals surface area contributed by atoms with Crippen LogP contribution in [-0.4, -0.2) is 48.6 Å². The molecule has 5 aromatic rings. The van der Waals surface area contributed by atoms with Crippen molar-refractivity contribution in [3.63, 3.8) is 0 Å². The summed E-state index contributed by atoms with van der Waals surface area (Å²) in [6.45, 7) is 0. The van der Waals surface area contributed by atoms with Crippen LogP contribution in [0, 0.1) is 0 Å². The van der Waals surface area contributed by atoms with Gasteiger partial charge in [0, 0.05) is 61.8 Å². The van der Waals surface area contributed by atoms with E-state index in [2.05, 4.69) is 39.7 Å². The topological polar surface area (TPSA) is 82.7 Å². The molecule has 0 unspecified atom stereocenters. The van der Waals surface area contributed by atoms with Crippen molar-refractivity contribution in [1.82, 2.24) is 29.3 Å². The van der Waals surface area contributed by atoms with Gasteiger partial charge in [0.2, 0.25) is 0 Å². The van der Waals surface area contributed by atoms with E-state index in [4.69, 9.17) is 14.7 Å². The number of methoxy groups -OCH3 is 1. The molecule has 0 bridgehead atoms. The highest BCUT2D eigenvalue weighted by atomic mass is 32.1. The predicted octanol–water partition coefficient (Wildman–Crippen LogP) is 4.75. The summed E-state index contributed by atoms with van der Waals surface area (Å²) in [6.07, 6.45) is 9.86. The minimum Gasteiger partial charge on any atom is -0.381 e. The summed E-state index contributed by atoms with van der Waals surface area (Å²) >= 11 is 1.67. The monoisotopic (exact) mass is 471 g/mol. The second-order valence-corrected chi connectivity index (χ2v) is 9.68. The summed E-state index contributed by atoms with van der Waals surface area (Å²) in [4.78, 5) is 16.6. The van der Waals surface area contributed by atoms with Crippen molar-refractivity contribution in [3.05, 3.63) is 55.1 Å². The van der Waals surface area contributed by atoms with Crippen molar-refractivity contribution in [2.24, 2.45) is 14.1 Å². The zero-order valence-corrected chi connectivity index (χ0v) is 20.1. The molecule has 0 radical (unpaired) electrons. The number of aryl methyl sites for hydroxylation is 2. The Bertz CT molecular complexity index is 1460. The van der Waals surface area contributed by atoms with Crippen molar-refractivity contribution < 1.29 is 4.74 Å². The van der Waals surface area contributed by atoms with E-state index >= 15 is 0 Å². The van der Waals surface area contributed by atoms with Crippen LogP contribution in [-0.2, 0) is 18.8 Å². The largest absolute Gasteiger partial charge is 0.381 e. The first-order valence-electron chi connectivity index (χ1n) is 11.3. The van der Waals surface area contributed by atoms with Crippen LogP contribution >= 0.6 is 11.3 Å². The lowest BCUT2D eigenvalue weighted by Crippen LogP contribution is -2.40.